The van der Waals surface area contributed by atoms with Gasteiger partial charge < -0.3 is 14.4 Å². The van der Waals surface area contributed by atoms with Crippen LogP contribution in [0, 0.1) is 6.92 Å². The Morgan fingerprint density at radius 2 is 1.89 bits per heavy atom. The summed E-state index contributed by atoms with van der Waals surface area (Å²) in [6.45, 7) is 6.83. The second kappa shape index (κ2) is 10.5. The number of piperidine rings is 1. The van der Waals surface area contributed by atoms with E-state index in [0.717, 1.165) is 40.0 Å². The SMILES string of the molecule is COc1ncc(-c2nc(N3CCOCC3)nc3c(CN4CCC(=O)CC4)c(C)sc23)cc1NS(C)(=O)=O. The van der Waals surface area contributed by atoms with Gasteiger partial charge in [-0.25, -0.2) is 23.4 Å². The van der Waals surface area contributed by atoms with Crippen molar-refractivity contribution in [3.8, 4) is 17.1 Å². The lowest BCUT2D eigenvalue weighted by Gasteiger charge is -2.28. The highest BCUT2D eigenvalue weighted by Crippen LogP contribution is 2.39. The number of nitrogens with one attached hydrogen (secondary N) is 1. The number of hydrogen-bond donors (Lipinski definition) is 1. The summed E-state index contributed by atoms with van der Waals surface area (Å²) in [5.41, 5.74) is 3.59. The van der Waals surface area contributed by atoms with Crippen LogP contribution < -0.4 is 14.4 Å². The Morgan fingerprint density at radius 1 is 1.16 bits per heavy atom. The highest BCUT2D eigenvalue weighted by Gasteiger charge is 2.25. The number of nitrogens with zero attached hydrogens (tertiary/aromatic N) is 5. The van der Waals surface area contributed by atoms with Gasteiger partial charge in [-0.3, -0.25) is 14.4 Å². The fourth-order valence-corrected chi connectivity index (χ4v) is 6.27. The van der Waals surface area contributed by atoms with Crippen LogP contribution in [0.25, 0.3) is 21.5 Å². The zero-order valence-corrected chi connectivity index (χ0v) is 22.7. The van der Waals surface area contributed by atoms with Crippen LogP contribution in [0.5, 0.6) is 5.88 Å². The number of carbonyl (C=O) groups is 1. The van der Waals surface area contributed by atoms with Crippen molar-refractivity contribution in [1.29, 1.82) is 0 Å². The number of anilines is 2. The zero-order valence-electron chi connectivity index (χ0n) is 21.1. The van der Waals surface area contributed by atoms with E-state index in [-0.39, 0.29) is 11.6 Å². The molecule has 2 aliphatic heterocycles. The number of carbonyl (C=O) groups excluding carboxylic acids is 1. The summed E-state index contributed by atoms with van der Waals surface area (Å²) < 4.78 is 38.2. The number of sulfonamides is 1. The molecule has 3 aromatic heterocycles. The Labute approximate surface area is 219 Å². The van der Waals surface area contributed by atoms with E-state index in [1.807, 2.05) is 0 Å². The quantitative estimate of drug-likeness (QED) is 0.472. The normalized spacial score (nSPS) is 17.4. The molecule has 3 aromatic rings. The first kappa shape index (κ1) is 25.8. The van der Waals surface area contributed by atoms with E-state index in [9.17, 15) is 13.2 Å². The average Bonchev–Trinajstić information content (AvgIpc) is 3.19. The molecule has 0 aromatic carbocycles. The molecule has 0 saturated carbocycles. The number of ketones is 1. The second-order valence-electron chi connectivity index (χ2n) is 9.26. The number of methoxy groups -OCH3 is 1. The number of hydrogen-bond acceptors (Lipinski definition) is 11. The summed E-state index contributed by atoms with van der Waals surface area (Å²) in [6, 6.07) is 1.70. The standard InChI is InChI=1S/C24H30N6O5S2/c1-15-18(14-29-6-4-17(31)5-7-29)21-22(36-15)20(26-24(27-21)30-8-10-35-11-9-30)16-12-19(28-37(3,32)33)23(34-2)25-13-16/h12-13,28H,4-11,14H2,1-3H3. The molecular formula is C24H30N6O5S2. The number of aromatic nitrogens is 3. The minimum atomic E-state index is -3.55. The monoisotopic (exact) mass is 546 g/mol. The van der Waals surface area contributed by atoms with Crippen LogP contribution in [0.4, 0.5) is 11.6 Å². The smallest absolute Gasteiger partial charge is 0.238 e. The lowest BCUT2D eigenvalue weighted by atomic mass is 10.1. The third-order valence-electron chi connectivity index (χ3n) is 6.52. The molecule has 0 spiro atoms. The van der Waals surface area contributed by atoms with E-state index in [2.05, 4.69) is 26.4 Å². The largest absolute Gasteiger partial charge is 0.480 e. The second-order valence-corrected chi connectivity index (χ2v) is 12.2. The number of ether oxygens (including phenoxy) is 2. The van der Waals surface area contributed by atoms with Crippen molar-refractivity contribution in [2.24, 2.45) is 0 Å². The van der Waals surface area contributed by atoms with Gasteiger partial charge in [0.15, 0.2) is 0 Å². The van der Waals surface area contributed by atoms with Gasteiger partial charge in [0.25, 0.3) is 0 Å². The number of thiophene rings is 1. The van der Waals surface area contributed by atoms with E-state index in [1.165, 1.54) is 7.11 Å². The molecule has 0 amide bonds. The summed E-state index contributed by atoms with van der Waals surface area (Å²) in [4.78, 5) is 31.6. The molecule has 37 heavy (non-hydrogen) atoms. The molecule has 0 atom stereocenters. The van der Waals surface area contributed by atoms with Crippen molar-refractivity contribution in [2.45, 2.75) is 26.3 Å². The fraction of sp³-hybridized carbons (Fsp3) is 0.500. The van der Waals surface area contributed by atoms with Gasteiger partial charge in [0.1, 0.15) is 11.5 Å². The van der Waals surface area contributed by atoms with Crippen LogP contribution in [0.2, 0.25) is 0 Å². The predicted molar refractivity (Wildman–Crippen MR) is 143 cm³/mol. The van der Waals surface area contributed by atoms with Crippen molar-refractivity contribution in [3.05, 3.63) is 22.7 Å². The van der Waals surface area contributed by atoms with Crippen LogP contribution in [-0.4, -0.2) is 86.8 Å². The van der Waals surface area contributed by atoms with Crippen molar-refractivity contribution in [1.82, 2.24) is 19.9 Å². The van der Waals surface area contributed by atoms with E-state index in [0.29, 0.717) is 68.7 Å². The Bertz CT molecular complexity index is 1430. The summed E-state index contributed by atoms with van der Waals surface area (Å²) in [5.74, 6) is 1.09. The Kier molecular flexibility index (Phi) is 7.30. The van der Waals surface area contributed by atoms with E-state index < -0.39 is 10.0 Å². The van der Waals surface area contributed by atoms with Gasteiger partial charge in [-0.15, -0.1) is 11.3 Å². The van der Waals surface area contributed by atoms with Gasteiger partial charge in [-0.05, 0) is 13.0 Å². The van der Waals surface area contributed by atoms with Gasteiger partial charge >= 0.3 is 0 Å². The number of pyridine rings is 1. The van der Waals surface area contributed by atoms with Gasteiger partial charge in [0.05, 0.1) is 42.5 Å². The molecular weight excluding hydrogens is 516 g/mol. The van der Waals surface area contributed by atoms with Crippen molar-refractivity contribution >= 4 is 49.0 Å². The number of Topliss-reactive ketones (excluding diaryl/α,β-unsaturated/α-hetero) is 1. The molecule has 0 unspecified atom stereocenters. The number of likely N-dealkylation sites (tertiary alicyclic amines) is 1. The van der Waals surface area contributed by atoms with Gasteiger partial charge in [0, 0.05) is 67.8 Å². The van der Waals surface area contributed by atoms with Crippen LogP contribution in [0.1, 0.15) is 23.3 Å². The first-order valence-electron chi connectivity index (χ1n) is 12.1. The maximum atomic E-state index is 12.0. The molecule has 0 radical (unpaired) electrons. The van der Waals surface area contributed by atoms with Gasteiger partial charge in [-0.1, -0.05) is 0 Å². The van der Waals surface area contributed by atoms with Crippen LogP contribution in [0.3, 0.4) is 0 Å². The average molecular weight is 547 g/mol. The molecule has 2 fully saturated rings. The lowest BCUT2D eigenvalue weighted by molar-refractivity contribution is -0.121. The van der Waals surface area contributed by atoms with Crippen molar-refractivity contribution < 1.29 is 22.7 Å². The van der Waals surface area contributed by atoms with Crippen LogP contribution >= 0.6 is 11.3 Å². The van der Waals surface area contributed by atoms with Crippen molar-refractivity contribution in [2.75, 3.05) is 62.4 Å². The Hall–Kier alpha value is -2.87. The predicted octanol–water partition coefficient (Wildman–Crippen LogP) is 2.44. The number of aryl methyl sites for hydroxylation is 1. The molecule has 2 saturated heterocycles. The molecule has 5 heterocycles. The topological polar surface area (TPSA) is 127 Å². The minimum absolute atomic E-state index is 0.176. The number of morpholine rings is 1. The van der Waals surface area contributed by atoms with E-state index in [4.69, 9.17) is 19.4 Å². The summed E-state index contributed by atoms with van der Waals surface area (Å²) in [5, 5.41) is 0. The van der Waals surface area contributed by atoms with E-state index >= 15 is 0 Å². The number of fused-ring (bicyclic) bond motifs is 1. The Balaban J connectivity index is 1.64. The number of rotatable bonds is 7. The summed E-state index contributed by atoms with van der Waals surface area (Å²) in [6.07, 6.45) is 3.88. The Morgan fingerprint density at radius 3 is 2.57 bits per heavy atom. The molecule has 0 bridgehead atoms. The third-order valence-corrected chi connectivity index (χ3v) is 8.26. The maximum absolute atomic E-state index is 12.0. The fourth-order valence-electron chi connectivity index (χ4n) is 4.61. The molecule has 5 rings (SSSR count). The van der Waals surface area contributed by atoms with E-state index in [1.54, 1.807) is 23.6 Å². The molecule has 13 heteroatoms. The first-order chi connectivity index (χ1) is 17.7. The maximum Gasteiger partial charge on any atom is 0.238 e. The molecule has 198 valence electrons. The molecule has 11 nitrogen and oxygen atoms in total. The molecule has 1 N–H and O–H groups in total. The molecule has 0 aliphatic carbocycles. The van der Waals surface area contributed by atoms with Gasteiger partial charge in [0.2, 0.25) is 21.9 Å². The highest BCUT2D eigenvalue weighted by molar-refractivity contribution is 7.92. The van der Waals surface area contributed by atoms with Crippen LogP contribution in [-0.2, 0) is 26.1 Å². The lowest BCUT2D eigenvalue weighted by Crippen LogP contribution is -2.37. The van der Waals surface area contributed by atoms with Crippen LogP contribution in [0.15, 0.2) is 12.3 Å². The minimum Gasteiger partial charge on any atom is -0.480 e. The molecule has 2 aliphatic rings. The zero-order chi connectivity index (χ0) is 26.2. The summed E-state index contributed by atoms with van der Waals surface area (Å²) >= 11 is 1.61. The first-order valence-corrected chi connectivity index (χ1v) is 14.8. The summed E-state index contributed by atoms with van der Waals surface area (Å²) in [7, 11) is -2.11. The highest BCUT2D eigenvalue weighted by atomic mass is 32.2. The van der Waals surface area contributed by atoms with Gasteiger partial charge in [-0.2, -0.15) is 0 Å². The van der Waals surface area contributed by atoms with Crippen molar-refractivity contribution in [3.63, 3.8) is 0 Å². The third kappa shape index (κ3) is 5.69.